The highest BCUT2D eigenvalue weighted by molar-refractivity contribution is 6.05. The van der Waals surface area contributed by atoms with E-state index in [0.717, 1.165) is 12.1 Å². The average molecular weight is 373 g/mol. The number of allylic oxidation sites excluding steroid dienone is 2. The van der Waals surface area contributed by atoms with Gasteiger partial charge in [0.05, 0.1) is 19.8 Å². The molecule has 1 aliphatic heterocycles. The number of hydrogen-bond acceptors (Lipinski definition) is 5. The van der Waals surface area contributed by atoms with Crippen LogP contribution in [0, 0.1) is 0 Å². The van der Waals surface area contributed by atoms with Gasteiger partial charge < -0.3 is 14.4 Å². The number of nitrogens with zero attached hydrogens (tertiary/aromatic N) is 1. The standard InChI is InChI=1S/C23H19NO4/c1-27-22(25)20-9-5-6-12-24(21(20)23(26)28-2)17-10-11-19-16(14-17)13-15-7-3-4-8-18(15)19/h3-12,14H,13H2,1-2H3. The minimum atomic E-state index is -0.611. The maximum absolute atomic E-state index is 12.5. The molecule has 0 aromatic heterocycles. The molecule has 0 unspecified atom stereocenters. The molecule has 0 N–H and O–H groups in total. The van der Waals surface area contributed by atoms with E-state index >= 15 is 0 Å². The number of ether oxygens (including phenoxy) is 2. The third kappa shape index (κ3) is 2.91. The molecule has 1 aliphatic carbocycles. The van der Waals surface area contributed by atoms with Gasteiger partial charge in [-0.3, -0.25) is 0 Å². The van der Waals surface area contributed by atoms with Crippen LogP contribution in [-0.2, 0) is 25.5 Å². The number of benzene rings is 2. The summed E-state index contributed by atoms with van der Waals surface area (Å²) in [6.07, 6.45) is 7.58. The van der Waals surface area contributed by atoms with Gasteiger partial charge in [-0.05, 0) is 53.0 Å². The average Bonchev–Trinajstić information content (AvgIpc) is 2.95. The van der Waals surface area contributed by atoms with Crippen molar-refractivity contribution in [3.8, 4) is 11.1 Å². The molecule has 0 amide bonds. The molecule has 2 aromatic carbocycles. The summed E-state index contributed by atoms with van der Waals surface area (Å²) in [5, 5.41) is 0. The normalized spacial score (nSPS) is 14.4. The fourth-order valence-corrected chi connectivity index (χ4v) is 3.65. The van der Waals surface area contributed by atoms with Gasteiger partial charge in [0.2, 0.25) is 0 Å². The first-order valence-corrected chi connectivity index (χ1v) is 8.90. The van der Waals surface area contributed by atoms with Gasteiger partial charge in [0.15, 0.2) is 0 Å². The second-order valence-corrected chi connectivity index (χ2v) is 6.49. The first kappa shape index (κ1) is 17.8. The number of esters is 2. The summed E-state index contributed by atoms with van der Waals surface area (Å²) in [4.78, 5) is 26.5. The van der Waals surface area contributed by atoms with Crippen molar-refractivity contribution in [2.75, 3.05) is 19.1 Å². The molecule has 5 heteroatoms. The Kier molecular flexibility index (Phi) is 4.57. The van der Waals surface area contributed by atoms with Crippen molar-refractivity contribution in [1.29, 1.82) is 0 Å². The van der Waals surface area contributed by atoms with Crippen LogP contribution in [0.2, 0.25) is 0 Å². The summed E-state index contributed by atoms with van der Waals surface area (Å²) in [5.74, 6) is -1.21. The number of hydrogen-bond donors (Lipinski definition) is 0. The highest BCUT2D eigenvalue weighted by atomic mass is 16.5. The van der Waals surface area contributed by atoms with E-state index < -0.39 is 11.9 Å². The van der Waals surface area contributed by atoms with Crippen molar-refractivity contribution in [3.05, 3.63) is 89.3 Å². The molecule has 1 heterocycles. The number of methoxy groups -OCH3 is 2. The predicted molar refractivity (Wildman–Crippen MR) is 107 cm³/mol. The molecule has 2 aromatic rings. The van der Waals surface area contributed by atoms with E-state index in [2.05, 4.69) is 18.2 Å². The lowest BCUT2D eigenvalue weighted by molar-refractivity contribution is -0.139. The lowest BCUT2D eigenvalue weighted by Crippen LogP contribution is -2.27. The van der Waals surface area contributed by atoms with E-state index in [1.54, 1.807) is 29.3 Å². The van der Waals surface area contributed by atoms with E-state index in [9.17, 15) is 9.59 Å². The maximum Gasteiger partial charge on any atom is 0.355 e. The molecule has 0 fully saturated rings. The topological polar surface area (TPSA) is 55.8 Å². The van der Waals surface area contributed by atoms with Crippen molar-refractivity contribution in [3.63, 3.8) is 0 Å². The Morgan fingerprint density at radius 2 is 1.64 bits per heavy atom. The highest BCUT2D eigenvalue weighted by Crippen LogP contribution is 2.39. The van der Waals surface area contributed by atoms with E-state index in [4.69, 9.17) is 9.47 Å². The number of anilines is 1. The molecule has 0 radical (unpaired) electrons. The Labute approximate surface area is 163 Å². The summed E-state index contributed by atoms with van der Waals surface area (Å²) in [6, 6.07) is 14.3. The van der Waals surface area contributed by atoms with Crippen LogP contribution in [0.4, 0.5) is 5.69 Å². The molecule has 5 nitrogen and oxygen atoms in total. The molecular formula is C23H19NO4. The molecule has 0 atom stereocenters. The third-order valence-electron chi connectivity index (χ3n) is 4.94. The van der Waals surface area contributed by atoms with Gasteiger partial charge in [-0.1, -0.05) is 36.4 Å². The van der Waals surface area contributed by atoms with Crippen molar-refractivity contribution in [2.45, 2.75) is 6.42 Å². The summed E-state index contributed by atoms with van der Waals surface area (Å²) in [6.45, 7) is 0. The van der Waals surface area contributed by atoms with Gasteiger partial charge in [0, 0.05) is 11.9 Å². The molecule has 2 aliphatic rings. The van der Waals surface area contributed by atoms with Crippen LogP contribution in [0.5, 0.6) is 0 Å². The van der Waals surface area contributed by atoms with Crippen LogP contribution < -0.4 is 4.90 Å². The van der Waals surface area contributed by atoms with Crippen molar-refractivity contribution in [1.82, 2.24) is 0 Å². The molecular weight excluding hydrogens is 354 g/mol. The fraction of sp³-hybridized carbons (Fsp3) is 0.130. The van der Waals surface area contributed by atoms with Gasteiger partial charge in [0.25, 0.3) is 0 Å². The number of rotatable bonds is 3. The van der Waals surface area contributed by atoms with Gasteiger partial charge in [-0.2, -0.15) is 0 Å². The van der Waals surface area contributed by atoms with E-state index in [1.807, 2.05) is 24.3 Å². The Balaban J connectivity index is 1.82. The minimum absolute atomic E-state index is 0.120. The molecule has 0 bridgehead atoms. The fourth-order valence-electron chi connectivity index (χ4n) is 3.65. The van der Waals surface area contributed by atoms with Crippen LogP contribution in [0.3, 0.4) is 0 Å². The monoisotopic (exact) mass is 373 g/mol. The molecule has 140 valence electrons. The van der Waals surface area contributed by atoms with Crippen molar-refractivity contribution < 1.29 is 19.1 Å². The summed E-state index contributed by atoms with van der Waals surface area (Å²) in [7, 11) is 2.58. The zero-order valence-corrected chi connectivity index (χ0v) is 15.6. The maximum atomic E-state index is 12.5. The second kappa shape index (κ2) is 7.19. The van der Waals surface area contributed by atoms with Gasteiger partial charge in [-0.25, -0.2) is 9.59 Å². The van der Waals surface area contributed by atoms with E-state index in [-0.39, 0.29) is 11.3 Å². The molecule has 0 spiro atoms. The quantitative estimate of drug-likeness (QED) is 0.655. The molecule has 28 heavy (non-hydrogen) atoms. The highest BCUT2D eigenvalue weighted by Gasteiger charge is 2.28. The predicted octanol–water partition coefficient (Wildman–Crippen LogP) is 3.75. The SMILES string of the molecule is COC(=O)C1=C(C(=O)OC)N(c2ccc3c(c2)Cc2ccccc2-3)C=CC=C1. The summed E-state index contributed by atoms with van der Waals surface area (Å²) in [5.41, 5.74) is 5.91. The Morgan fingerprint density at radius 1 is 0.893 bits per heavy atom. The summed E-state index contributed by atoms with van der Waals surface area (Å²) < 4.78 is 9.81. The lowest BCUT2D eigenvalue weighted by atomic mass is 10.0. The van der Waals surface area contributed by atoms with E-state index in [1.165, 1.54) is 36.5 Å². The number of carbonyl (C=O) groups is 2. The van der Waals surface area contributed by atoms with Gasteiger partial charge in [-0.15, -0.1) is 0 Å². The van der Waals surface area contributed by atoms with Crippen molar-refractivity contribution in [2.24, 2.45) is 0 Å². The third-order valence-corrected chi connectivity index (χ3v) is 4.94. The Hall–Kier alpha value is -3.60. The second-order valence-electron chi connectivity index (χ2n) is 6.49. The Bertz CT molecular complexity index is 1060. The summed E-state index contributed by atoms with van der Waals surface area (Å²) >= 11 is 0. The van der Waals surface area contributed by atoms with Crippen LogP contribution in [0.15, 0.2) is 78.2 Å². The molecule has 4 rings (SSSR count). The van der Waals surface area contributed by atoms with Crippen LogP contribution >= 0.6 is 0 Å². The van der Waals surface area contributed by atoms with Gasteiger partial charge in [0.1, 0.15) is 5.70 Å². The van der Waals surface area contributed by atoms with Crippen LogP contribution in [0.25, 0.3) is 11.1 Å². The first-order chi connectivity index (χ1) is 13.6. The first-order valence-electron chi connectivity index (χ1n) is 8.90. The van der Waals surface area contributed by atoms with Crippen LogP contribution in [0.1, 0.15) is 11.1 Å². The Morgan fingerprint density at radius 3 is 2.43 bits per heavy atom. The molecule has 0 saturated heterocycles. The van der Waals surface area contributed by atoms with Crippen molar-refractivity contribution >= 4 is 17.6 Å². The van der Waals surface area contributed by atoms with Crippen LogP contribution in [-0.4, -0.2) is 26.2 Å². The van der Waals surface area contributed by atoms with Gasteiger partial charge >= 0.3 is 11.9 Å². The van der Waals surface area contributed by atoms with E-state index in [0.29, 0.717) is 0 Å². The smallest absolute Gasteiger partial charge is 0.355 e. The largest absolute Gasteiger partial charge is 0.465 e. The zero-order chi connectivity index (χ0) is 19.7. The number of fused-ring (bicyclic) bond motifs is 3. The number of carbonyl (C=O) groups excluding carboxylic acids is 2. The minimum Gasteiger partial charge on any atom is -0.465 e. The lowest BCUT2D eigenvalue weighted by Gasteiger charge is -2.23. The molecule has 0 saturated carbocycles. The zero-order valence-electron chi connectivity index (χ0n) is 15.6.